The molecular formula is C17H12ClF5N4. The SMILES string of the molecule is N#Cc1cc(F)c(N2CCN(c3ncc(C(F)(F)F)cc3Cl)CC2)c(F)c1. The van der Waals surface area contributed by atoms with Crippen LogP contribution in [0.5, 0.6) is 0 Å². The largest absolute Gasteiger partial charge is 0.417 e. The van der Waals surface area contributed by atoms with E-state index in [0.717, 1.165) is 18.2 Å². The van der Waals surface area contributed by atoms with Crippen molar-refractivity contribution >= 4 is 23.1 Å². The molecule has 4 nitrogen and oxygen atoms in total. The normalized spacial score (nSPS) is 15.0. The highest BCUT2D eigenvalue weighted by atomic mass is 35.5. The predicted octanol–water partition coefficient (Wildman–Crippen LogP) is 4.23. The fraction of sp³-hybridized carbons (Fsp3) is 0.294. The van der Waals surface area contributed by atoms with Crippen molar-refractivity contribution in [3.63, 3.8) is 0 Å². The van der Waals surface area contributed by atoms with Gasteiger partial charge in [-0.1, -0.05) is 11.6 Å². The van der Waals surface area contributed by atoms with Crippen LogP contribution < -0.4 is 9.80 Å². The van der Waals surface area contributed by atoms with Crippen LogP contribution in [0.25, 0.3) is 0 Å². The Balaban J connectivity index is 1.76. The summed E-state index contributed by atoms with van der Waals surface area (Å²) in [5, 5.41) is 8.61. The molecule has 0 bridgehead atoms. The van der Waals surface area contributed by atoms with Crippen molar-refractivity contribution in [1.82, 2.24) is 4.98 Å². The number of halogens is 6. The maximum absolute atomic E-state index is 14.1. The van der Waals surface area contributed by atoms with Gasteiger partial charge in [0, 0.05) is 32.4 Å². The third-order valence-electron chi connectivity index (χ3n) is 4.19. The molecule has 0 aliphatic carbocycles. The van der Waals surface area contributed by atoms with Crippen molar-refractivity contribution in [1.29, 1.82) is 5.26 Å². The topological polar surface area (TPSA) is 43.2 Å². The smallest absolute Gasteiger partial charge is 0.363 e. The third-order valence-corrected chi connectivity index (χ3v) is 4.47. The van der Waals surface area contributed by atoms with Crippen LogP contribution in [0.15, 0.2) is 24.4 Å². The van der Waals surface area contributed by atoms with Gasteiger partial charge in [0.1, 0.15) is 11.5 Å². The van der Waals surface area contributed by atoms with E-state index in [1.165, 1.54) is 4.90 Å². The molecule has 1 aliphatic heterocycles. The second-order valence-corrected chi connectivity index (χ2v) is 6.31. The summed E-state index contributed by atoms with van der Waals surface area (Å²) in [6, 6.07) is 4.40. The van der Waals surface area contributed by atoms with Gasteiger partial charge in [0.05, 0.1) is 22.2 Å². The summed E-state index contributed by atoms with van der Waals surface area (Å²) in [7, 11) is 0. The molecule has 1 aliphatic rings. The molecule has 2 heterocycles. The fourth-order valence-electron chi connectivity index (χ4n) is 2.89. The van der Waals surface area contributed by atoms with E-state index < -0.39 is 23.4 Å². The molecule has 0 saturated carbocycles. The van der Waals surface area contributed by atoms with Crippen LogP contribution in [0.4, 0.5) is 33.5 Å². The van der Waals surface area contributed by atoms with Gasteiger partial charge >= 0.3 is 6.18 Å². The van der Waals surface area contributed by atoms with Crippen LogP contribution in [-0.2, 0) is 6.18 Å². The summed E-state index contributed by atoms with van der Waals surface area (Å²) in [5.41, 5.74) is -1.30. The van der Waals surface area contributed by atoms with Gasteiger partial charge in [-0.3, -0.25) is 0 Å². The highest BCUT2D eigenvalue weighted by molar-refractivity contribution is 6.33. The maximum Gasteiger partial charge on any atom is 0.417 e. The molecule has 1 saturated heterocycles. The highest BCUT2D eigenvalue weighted by Gasteiger charge is 2.32. The number of hydrogen-bond acceptors (Lipinski definition) is 4. The van der Waals surface area contributed by atoms with E-state index in [9.17, 15) is 22.0 Å². The number of piperazine rings is 1. The average Bonchev–Trinajstić information content (AvgIpc) is 2.61. The number of nitriles is 1. The van der Waals surface area contributed by atoms with Gasteiger partial charge in [0.2, 0.25) is 0 Å². The second kappa shape index (κ2) is 7.19. The molecule has 1 fully saturated rings. The number of hydrogen-bond donors (Lipinski definition) is 0. The van der Waals surface area contributed by atoms with Crippen molar-refractivity contribution in [3.05, 3.63) is 52.2 Å². The second-order valence-electron chi connectivity index (χ2n) is 5.90. The molecule has 142 valence electrons. The first-order valence-electron chi connectivity index (χ1n) is 7.82. The Hall–Kier alpha value is -2.60. The first-order chi connectivity index (χ1) is 12.7. The molecule has 0 spiro atoms. The van der Waals surface area contributed by atoms with Crippen molar-refractivity contribution in [3.8, 4) is 6.07 Å². The van der Waals surface area contributed by atoms with Crippen molar-refractivity contribution < 1.29 is 22.0 Å². The zero-order valence-electron chi connectivity index (χ0n) is 13.7. The Kier molecular flexibility index (Phi) is 5.11. The van der Waals surface area contributed by atoms with Gasteiger partial charge in [0.15, 0.2) is 11.6 Å². The summed E-state index contributed by atoms with van der Waals surface area (Å²) in [5.74, 6) is -1.50. The summed E-state index contributed by atoms with van der Waals surface area (Å²) >= 11 is 5.94. The van der Waals surface area contributed by atoms with E-state index in [0.29, 0.717) is 6.20 Å². The number of anilines is 2. The summed E-state index contributed by atoms with van der Waals surface area (Å²) in [6.45, 7) is 0.936. The van der Waals surface area contributed by atoms with Crippen LogP contribution in [0.2, 0.25) is 5.02 Å². The van der Waals surface area contributed by atoms with Gasteiger partial charge in [-0.25, -0.2) is 13.8 Å². The molecule has 0 atom stereocenters. The molecular weight excluding hydrogens is 391 g/mol. The van der Waals surface area contributed by atoms with Crippen LogP contribution in [-0.4, -0.2) is 31.2 Å². The number of nitrogens with zero attached hydrogens (tertiary/aromatic N) is 4. The lowest BCUT2D eigenvalue weighted by Crippen LogP contribution is -2.47. The molecule has 0 unspecified atom stereocenters. The highest BCUT2D eigenvalue weighted by Crippen LogP contribution is 2.34. The standard InChI is InChI=1S/C17H12ClF5N4/c18-12-7-11(17(21,22)23)9-25-16(12)27-3-1-26(2-4-27)15-13(19)5-10(8-24)6-14(15)20/h5-7,9H,1-4H2. The summed E-state index contributed by atoms with van der Waals surface area (Å²) in [4.78, 5) is 6.92. The molecule has 10 heteroatoms. The summed E-state index contributed by atoms with van der Waals surface area (Å²) < 4.78 is 66.4. The Morgan fingerprint density at radius 1 is 1.00 bits per heavy atom. The number of rotatable bonds is 2. The Bertz CT molecular complexity index is 878. The Morgan fingerprint density at radius 2 is 1.56 bits per heavy atom. The maximum atomic E-state index is 14.1. The van der Waals surface area contributed by atoms with Gasteiger partial charge < -0.3 is 9.80 Å². The first kappa shape index (κ1) is 19.2. The van der Waals surface area contributed by atoms with E-state index >= 15 is 0 Å². The minimum absolute atomic E-state index is 0.117. The van der Waals surface area contributed by atoms with E-state index in [1.54, 1.807) is 11.0 Å². The molecule has 0 N–H and O–H groups in total. The minimum atomic E-state index is -4.54. The molecule has 3 rings (SSSR count). The lowest BCUT2D eigenvalue weighted by atomic mass is 10.1. The van der Waals surface area contributed by atoms with Crippen LogP contribution >= 0.6 is 11.6 Å². The number of alkyl halides is 3. The monoisotopic (exact) mass is 402 g/mol. The zero-order valence-corrected chi connectivity index (χ0v) is 14.5. The third kappa shape index (κ3) is 3.90. The van der Waals surface area contributed by atoms with Gasteiger partial charge in [0.25, 0.3) is 0 Å². The molecule has 1 aromatic carbocycles. The lowest BCUT2D eigenvalue weighted by molar-refractivity contribution is -0.137. The van der Waals surface area contributed by atoms with Crippen LogP contribution in [0, 0.1) is 23.0 Å². The predicted molar refractivity (Wildman–Crippen MR) is 89.7 cm³/mol. The molecule has 2 aromatic rings. The fourth-order valence-corrected chi connectivity index (χ4v) is 3.18. The minimum Gasteiger partial charge on any atom is -0.363 e. The summed E-state index contributed by atoms with van der Waals surface area (Å²) in [6.07, 6.45) is -3.84. The molecule has 0 amide bonds. The zero-order chi connectivity index (χ0) is 19.8. The van der Waals surface area contributed by atoms with Crippen molar-refractivity contribution in [2.75, 3.05) is 36.0 Å². The van der Waals surface area contributed by atoms with Crippen LogP contribution in [0.1, 0.15) is 11.1 Å². The number of aromatic nitrogens is 1. The van der Waals surface area contributed by atoms with Crippen molar-refractivity contribution in [2.45, 2.75) is 6.18 Å². The first-order valence-corrected chi connectivity index (χ1v) is 8.20. The van der Waals surface area contributed by atoms with E-state index in [1.807, 2.05) is 0 Å². The van der Waals surface area contributed by atoms with E-state index in [4.69, 9.17) is 16.9 Å². The van der Waals surface area contributed by atoms with Crippen LogP contribution in [0.3, 0.4) is 0 Å². The van der Waals surface area contributed by atoms with Gasteiger partial charge in [-0.2, -0.15) is 18.4 Å². The molecule has 0 radical (unpaired) electrons. The van der Waals surface area contributed by atoms with E-state index in [-0.39, 0.29) is 48.3 Å². The lowest BCUT2D eigenvalue weighted by Gasteiger charge is -2.37. The van der Waals surface area contributed by atoms with Gasteiger partial charge in [-0.05, 0) is 18.2 Å². The number of benzene rings is 1. The van der Waals surface area contributed by atoms with E-state index in [2.05, 4.69) is 4.98 Å². The average molecular weight is 403 g/mol. The Morgan fingerprint density at radius 3 is 2.04 bits per heavy atom. The molecule has 1 aromatic heterocycles. The Labute approximate surface area is 156 Å². The van der Waals surface area contributed by atoms with Crippen molar-refractivity contribution in [2.24, 2.45) is 0 Å². The quantitative estimate of drug-likeness (QED) is 0.705. The molecule has 27 heavy (non-hydrogen) atoms. The van der Waals surface area contributed by atoms with Gasteiger partial charge in [-0.15, -0.1) is 0 Å². The number of pyridine rings is 1.